The first-order chi connectivity index (χ1) is 8.36. The third-order valence-corrected chi connectivity index (χ3v) is 4.38. The Morgan fingerprint density at radius 1 is 1.24 bits per heavy atom. The molecule has 5 heteroatoms. The van der Waals surface area contributed by atoms with E-state index in [0.29, 0.717) is 11.8 Å². The third-order valence-electron chi connectivity index (χ3n) is 3.76. The van der Waals surface area contributed by atoms with Crippen LogP contribution in [0.4, 0.5) is 0 Å². The van der Waals surface area contributed by atoms with Gasteiger partial charge in [0.25, 0.3) is 5.19 Å². The number of ether oxygens (including phenoxy) is 1. The summed E-state index contributed by atoms with van der Waals surface area (Å²) in [7, 11) is 0. The van der Waals surface area contributed by atoms with Crippen LogP contribution in [0.2, 0.25) is 0 Å². The van der Waals surface area contributed by atoms with E-state index in [-0.39, 0.29) is 6.10 Å². The summed E-state index contributed by atoms with van der Waals surface area (Å²) >= 11 is 1.40. The molecule has 0 radical (unpaired) electrons. The van der Waals surface area contributed by atoms with Crippen molar-refractivity contribution in [3.8, 4) is 5.19 Å². The van der Waals surface area contributed by atoms with E-state index in [1.807, 2.05) is 0 Å². The van der Waals surface area contributed by atoms with Crippen molar-refractivity contribution in [2.45, 2.75) is 50.5 Å². The maximum Gasteiger partial charge on any atom is 0.293 e. The highest BCUT2D eigenvalue weighted by Crippen LogP contribution is 2.40. The summed E-state index contributed by atoms with van der Waals surface area (Å²) in [6.45, 7) is 0.721. The zero-order chi connectivity index (χ0) is 11.7. The van der Waals surface area contributed by atoms with Gasteiger partial charge in [-0.05, 0) is 38.6 Å². The monoisotopic (exact) mass is 253 g/mol. The van der Waals surface area contributed by atoms with Crippen LogP contribution < -0.4 is 10.5 Å². The topological polar surface area (TPSA) is 61.0 Å². The first-order valence-electron chi connectivity index (χ1n) is 6.57. The molecule has 0 aliphatic heterocycles. The molecule has 3 rings (SSSR count). The molecular formula is C12H19N3OS. The molecule has 2 N–H and O–H groups in total. The molecule has 0 aromatic carbocycles. The predicted molar refractivity (Wildman–Crippen MR) is 67.3 cm³/mol. The minimum atomic E-state index is 0.258. The van der Waals surface area contributed by atoms with E-state index < -0.39 is 0 Å². The van der Waals surface area contributed by atoms with Gasteiger partial charge in [-0.3, -0.25) is 0 Å². The molecule has 2 aliphatic carbocycles. The molecule has 2 atom stereocenters. The van der Waals surface area contributed by atoms with Gasteiger partial charge >= 0.3 is 0 Å². The Morgan fingerprint density at radius 2 is 2.06 bits per heavy atom. The van der Waals surface area contributed by atoms with Gasteiger partial charge in [0.05, 0.1) is 0 Å². The standard InChI is InChI=1S/C12H19N3OS/c13-7-9-3-1-2-4-10(9)16-12-14-11(15-17-12)8-5-6-8/h8-10H,1-7,13H2. The molecule has 2 saturated carbocycles. The number of nitrogens with zero attached hydrogens (tertiary/aromatic N) is 2. The van der Waals surface area contributed by atoms with E-state index in [2.05, 4.69) is 9.36 Å². The number of hydrogen-bond donors (Lipinski definition) is 1. The van der Waals surface area contributed by atoms with Crippen LogP contribution in [0.25, 0.3) is 0 Å². The summed E-state index contributed by atoms with van der Waals surface area (Å²) in [5.74, 6) is 2.10. The van der Waals surface area contributed by atoms with Gasteiger partial charge in [0.1, 0.15) is 11.9 Å². The van der Waals surface area contributed by atoms with Crippen molar-refractivity contribution in [1.29, 1.82) is 0 Å². The summed E-state index contributed by atoms with van der Waals surface area (Å²) in [4.78, 5) is 4.48. The Hall–Kier alpha value is -0.680. The van der Waals surface area contributed by atoms with Gasteiger partial charge in [-0.15, -0.1) is 0 Å². The number of rotatable bonds is 4. The molecule has 94 valence electrons. The zero-order valence-electron chi connectivity index (χ0n) is 9.97. The second-order valence-electron chi connectivity index (χ2n) is 5.13. The van der Waals surface area contributed by atoms with Crippen molar-refractivity contribution < 1.29 is 4.74 Å². The van der Waals surface area contributed by atoms with E-state index in [4.69, 9.17) is 10.5 Å². The molecule has 2 aliphatic rings. The zero-order valence-corrected chi connectivity index (χ0v) is 10.8. The van der Waals surface area contributed by atoms with Gasteiger partial charge in [-0.1, -0.05) is 6.42 Å². The SMILES string of the molecule is NCC1CCCCC1Oc1nc(C2CC2)ns1. The lowest BCUT2D eigenvalue weighted by Gasteiger charge is -2.29. The van der Waals surface area contributed by atoms with Gasteiger partial charge in [-0.2, -0.15) is 9.36 Å². The van der Waals surface area contributed by atoms with Crippen molar-refractivity contribution >= 4 is 11.5 Å². The van der Waals surface area contributed by atoms with Crippen molar-refractivity contribution in [1.82, 2.24) is 9.36 Å². The highest BCUT2D eigenvalue weighted by atomic mass is 32.1. The Balaban J connectivity index is 1.63. The summed E-state index contributed by atoms with van der Waals surface area (Å²) < 4.78 is 10.4. The lowest BCUT2D eigenvalue weighted by atomic mass is 9.86. The summed E-state index contributed by atoms with van der Waals surface area (Å²) in [5, 5.41) is 0.747. The molecular weight excluding hydrogens is 234 g/mol. The van der Waals surface area contributed by atoms with Crippen molar-refractivity contribution in [3.05, 3.63) is 5.82 Å². The Morgan fingerprint density at radius 3 is 2.82 bits per heavy atom. The van der Waals surface area contributed by atoms with E-state index in [1.165, 1.54) is 43.6 Å². The Labute approximate surface area is 106 Å². The second kappa shape index (κ2) is 4.90. The molecule has 17 heavy (non-hydrogen) atoms. The first-order valence-corrected chi connectivity index (χ1v) is 7.34. The molecule has 2 fully saturated rings. The average Bonchev–Trinajstić information content (AvgIpc) is 3.11. The Bertz CT molecular complexity index is 378. The van der Waals surface area contributed by atoms with Crippen LogP contribution in [0.1, 0.15) is 50.3 Å². The van der Waals surface area contributed by atoms with Crippen LogP contribution in [-0.4, -0.2) is 22.0 Å². The summed E-state index contributed by atoms with van der Waals surface area (Å²) in [6, 6.07) is 0. The number of aromatic nitrogens is 2. The number of hydrogen-bond acceptors (Lipinski definition) is 5. The minimum absolute atomic E-state index is 0.258. The largest absolute Gasteiger partial charge is 0.465 e. The third kappa shape index (κ3) is 2.60. The molecule has 0 saturated heterocycles. The average molecular weight is 253 g/mol. The minimum Gasteiger partial charge on any atom is -0.465 e. The predicted octanol–water partition coefficient (Wildman–Crippen LogP) is 2.31. The molecule has 2 unspecified atom stereocenters. The summed E-state index contributed by atoms with van der Waals surface area (Å²) in [6.07, 6.45) is 7.57. The lowest BCUT2D eigenvalue weighted by molar-refractivity contribution is 0.0965. The van der Waals surface area contributed by atoms with Crippen molar-refractivity contribution in [2.24, 2.45) is 11.7 Å². The molecule has 1 aromatic rings. The van der Waals surface area contributed by atoms with Gasteiger partial charge in [0.2, 0.25) is 0 Å². The van der Waals surface area contributed by atoms with Crippen LogP contribution in [0.15, 0.2) is 0 Å². The van der Waals surface area contributed by atoms with Crippen LogP contribution >= 0.6 is 11.5 Å². The van der Waals surface area contributed by atoms with Gasteiger partial charge in [-0.25, -0.2) is 0 Å². The van der Waals surface area contributed by atoms with Crippen LogP contribution in [0, 0.1) is 5.92 Å². The fourth-order valence-electron chi connectivity index (χ4n) is 2.50. The highest BCUT2D eigenvalue weighted by molar-refractivity contribution is 7.07. The fraction of sp³-hybridized carbons (Fsp3) is 0.833. The molecule has 0 amide bonds. The van der Waals surface area contributed by atoms with Crippen molar-refractivity contribution in [3.63, 3.8) is 0 Å². The van der Waals surface area contributed by atoms with E-state index >= 15 is 0 Å². The number of nitrogens with two attached hydrogens (primary N) is 1. The van der Waals surface area contributed by atoms with E-state index in [0.717, 1.165) is 24.0 Å². The smallest absolute Gasteiger partial charge is 0.293 e. The molecule has 0 spiro atoms. The van der Waals surface area contributed by atoms with E-state index in [1.54, 1.807) is 0 Å². The molecule has 0 bridgehead atoms. The normalized spacial score (nSPS) is 29.2. The lowest BCUT2D eigenvalue weighted by Crippen LogP contribution is -2.35. The first kappa shape index (κ1) is 11.4. The maximum absolute atomic E-state index is 5.98. The van der Waals surface area contributed by atoms with Gasteiger partial charge in [0.15, 0.2) is 0 Å². The quantitative estimate of drug-likeness (QED) is 0.894. The van der Waals surface area contributed by atoms with Gasteiger partial charge < -0.3 is 10.5 Å². The summed E-state index contributed by atoms with van der Waals surface area (Å²) in [5.41, 5.74) is 5.80. The van der Waals surface area contributed by atoms with E-state index in [9.17, 15) is 0 Å². The Kier molecular flexibility index (Phi) is 3.29. The van der Waals surface area contributed by atoms with Crippen molar-refractivity contribution in [2.75, 3.05) is 6.54 Å². The maximum atomic E-state index is 5.98. The van der Waals surface area contributed by atoms with Gasteiger partial charge in [0, 0.05) is 23.4 Å². The van der Waals surface area contributed by atoms with Crippen LogP contribution in [0.3, 0.4) is 0 Å². The molecule has 4 nitrogen and oxygen atoms in total. The molecule has 1 aromatic heterocycles. The highest BCUT2D eigenvalue weighted by Gasteiger charge is 2.30. The molecule has 1 heterocycles. The second-order valence-corrected chi connectivity index (χ2v) is 5.84. The van der Waals surface area contributed by atoms with Crippen LogP contribution in [-0.2, 0) is 0 Å². The fourth-order valence-corrected chi connectivity index (χ4v) is 3.17. The van der Waals surface area contributed by atoms with Crippen LogP contribution in [0.5, 0.6) is 5.19 Å².